The number of aryl methyl sites for hydroxylation is 1. The van der Waals surface area contributed by atoms with Gasteiger partial charge in [-0.25, -0.2) is 4.68 Å². The molecule has 2 heterocycles. The van der Waals surface area contributed by atoms with E-state index < -0.39 is 0 Å². The molecule has 0 saturated carbocycles. The van der Waals surface area contributed by atoms with Crippen LogP contribution in [0.4, 0.5) is 0 Å². The first-order valence-corrected chi connectivity index (χ1v) is 7.83. The molecule has 120 valence electrons. The third kappa shape index (κ3) is 3.32. The van der Waals surface area contributed by atoms with Crippen LogP contribution in [-0.2, 0) is 0 Å². The molecule has 6 nitrogen and oxygen atoms in total. The summed E-state index contributed by atoms with van der Waals surface area (Å²) in [5.41, 5.74) is 1.20. The zero-order valence-electron chi connectivity index (χ0n) is 13.2. The Hall–Kier alpha value is -2.47. The molecule has 0 unspecified atom stereocenters. The Morgan fingerprint density at radius 3 is 2.74 bits per heavy atom. The van der Waals surface area contributed by atoms with E-state index in [1.165, 1.54) is 6.07 Å². The number of benzene rings is 1. The third-order valence-electron chi connectivity index (χ3n) is 3.94. The van der Waals surface area contributed by atoms with Crippen LogP contribution in [0.1, 0.15) is 22.6 Å². The van der Waals surface area contributed by atoms with Gasteiger partial charge < -0.3 is 10.2 Å². The van der Waals surface area contributed by atoms with E-state index in [-0.39, 0.29) is 17.0 Å². The second kappa shape index (κ2) is 6.75. The largest absolute Gasteiger partial charge is 0.336 e. The molecule has 6 heteroatoms. The van der Waals surface area contributed by atoms with Crippen molar-refractivity contribution >= 4 is 5.91 Å². The van der Waals surface area contributed by atoms with E-state index in [0.717, 1.165) is 25.2 Å². The molecule has 2 aromatic rings. The van der Waals surface area contributed by atoms with Gasteiger partial charge in [-0.3, -0.25) is 9.59 Å². The van der Waals surface area contributed by atoms with Gasteiger partial charge in [-0.1, -0.05) is 18.2 Å². The second-order valence-electron chi connectivity index (χ2n) is 5.64. The van der Waals surface area contributed by atoms with Gasteiger partial charge in [-0.2, -0.15) is 5.10 Å². The molecular weight excluding hydrogens is 292 g/mol. The van der Waals surface area contributed by atoms with Gasteiger partial charge in [-0.15, -0.1) is 0 Å². The van der Waals surface area contributed by atoms with Crippen molar-refractivity contribution < 1.29 is 4.79 Å². The highest BCUT2D eigenvalue weighted by Crippen LogP contribution is 2.09. The molecule has 1 aromatic heterocycles. The highest BCUT2D eigenvalue weighted by molar-refractivity contribution is 5.92. The molecule has 0 bridgehead atoms. The molecule has 0 spiro atoms. The van der Waals surface area contributed by atoms with E-state index in [1.807, 2.05) is 37.3 Å². The predicted molar refractivity (Wildman–Crippen MR) is 88.0 cm³/mol. The van der Waals surface area contributed by atoms with Gasteiger partial charge in [-0.05, 0) is 32.0 Å². The lowest BCUT2D eigenvalue weighted by Crippen LogP contribution is -2.38. The molecular formula is C17H20N4O2. The molecule has 1 fully saturated rings. The summed E-state index contributed by atoms with van der Waals surface area (Å²) >= 11 is 0. The fourth-order valence-corrected chi connectivity index (χ4v) is 2.72. The van der Waals surface area contributed by atoms with Crippen molar-refractivity contribution in [3.8, 4) is 5.69 Å². The number of hydrogen-bond donors (Lipinski definition) is 1. The van der Waals surface area contributed by atoms with Crippen LogP contribution >= 0.6 is 0 Å². The molecule has 1 aliphatic heterocycles. The summed E-state index contributed by atoms with van der Waals surface area (Å²) in [6, 6.07) is 11.0. The van der Waals surface area contributed by atoms with E-state index in [1.54, 1.807) is 9.58 Å². The first kappa shape index (κ1) is 15.4. The van der Waals surface area contributed by atoms with Gasteiger partial charge >= 0.3 is 0 Å². The van der Waals surface area contributed by atoms with Crippen LogP contribution in [0, 0.1) is 6.92 Å². The zero-order valence-corrected chi connectivity index (χ0v) is 13.2. The molecule has 3 rings (SSSR count). The van der Waals surface area contributed by atoms with Gasteiger partial charge in [0.15, 0.2) is 5.69 Å². The van der Waals surface area contributed by atoms with Gasteiger partial charge in [0.05, 0.1) is 5.69 Å². The average molecular weight is 312 g/mol. The van der Waals surface area contributed by atoms with Crippen LogP contribution in [0.25, 0.3) is 5.69 Å². The Morgan fingerprint density at radius 1 is 1.17 bits per heavy atom. The van der Waals surface area contributed by atoms with Crippen molar-refractivity contribution in [3.05, 3.63) is 58.0 Å². The predicted octanol–water partition coefficient (Wildman–Crippen LogP) is 0.976. The Morgan fingerprint density at radius 2 is 1.96 bits per heavy atom. The van der Waals surface area contributed by atoms with E-state index in [2.05, 4.69) is 10.4 Å². The highest BCUT2D eigenvalue weighted by Gasteiger charge is 2.22. The zero-order chi connectivity index (χ0) is 16.2. The van der Waals surface area contributed by atoms with Crippen molar-refractivity contribution in [2.24, 2.45) is 0 Å². The molecule has 1 saturated heterocycles. The third-order valence-corrected chi connectivity index (χ3v) is 3.94. The lowest BCUT2D eigenvalue weighted by atomic mass is 10.2. The minimum Gasteiger partial charge on any atom is -0.336 e. The van der Waals surface area contributed by atoms with Crippen LogP contribution in [0.15, 0.2) is 41.2 Å². The average Bonchev–Trinajstić information content (AvgIpc) is 2.84. The van der Waals surface area contributed by atoms with Crippen molar-refractivity contribution in [2.75, 3.05) is 26.2 Å². The maximum absolute atomic E-state index is 12.7. The van der Waals surface area contributed by atoms with E-state index in [4.69, 9.17) is 0 Å². The minimum absolute atomic E-state index is 0.0126. The molecule has 1 N–H and O–H groups in total. The van der Waals surface area contributed by atoms with Crippen molar-refractivity contribution in [1.82, 2.24) is 20.0 Å². The molecule has 23 heavy (non-hydrogen) atoms. The topological polar surface area (TPSA) is 67.2 Å². The summed E-state index contributed by atoms with van der Waals surface area (Å²) in [4.78, 5) is 26.6. The summed E-state index contributed by atoms with van der Waals surface area (Å²) in [5.74, 6) is -0.289. The number of nitrogens with zero attached hydrogens (tertiary/aromatic N) is 3. The van der Waals surface area contributed by atoms with Crippen molar-refractivity contribution in [1.29, 1.82) is 0 Å². The quantitative estimate of drug-likeness (QED) is 0.897. The highest BCUT2D eigenvalue weighted by atomic mass is 16.2. The number of rotatable bonds is 2. The van der Waals surface area contributed by atoms with E-state index in [0.29, 0.717) is 18.8 Å². The van der Waals surface area contributed by atoms with Crippen LogP contribution in [0.2, 0.25) is 0 Å². The normalized spacial score (nSPS) is 15.3. The van der Waals surface area contributed by atoms with Crippen LogP contribution in [0.5, 0.6) is 0 Å². The Labute approximate surface area is 134 Å². The molecule has 0 atom stereocenters. The Bertz CT molecular complexity index is 747. The number of aromatic nitrogens is 2. The second-order valence-corrected chi connectivity index (χ2v) is 5.64. The molecule has 1 amide bonds. The van der Waals surface area contributed by atoms with Gasteiger partial charge in [0.1, 0.15) is 0 Å². The summed E-state index contributed by atoms with van der Waals surface area (Å²) < 4.78 is 1.64. The Balaban J connectivity index is 1.99. The number of carbonyl (C=O) groups excluding carboxylic acids is 1. The maximum Gasteiger partial charge on any atom is 0.278 e. The first-order valence-electron chi connectivity index (χ1n) is 7.83. The summed E-state index contributed by atoms with van der Waals surface area (Å²) in [6.45, 7) is 4.68. The van der Waals surface area contributed by atoms with Crippen LogP contribution in [0.3, 0.4) is 0 Å². The molecule has 1 aromatic carbocycles. The molecule has 0 radical (unpaired) electrons. The minimum atomic E-state index is -0.322. The first-order chi connectivity index (χ1) is 11.2. The number of amides is 1. The van der Waals surface area contributed by atoms with Crippen LogP contribution in [-0.4, -0.2) is 46.8 Å². The Kier molecular flexibility index (Phi) is 4.52. The van der Waals surface area contributed by atoms with Crippen molar-refractivity contribution in [2.45, 2.75) is 13.3 Å². The lowest BCUT2D eigenvalue weighted by Gasteiger charge is -2.20. The number of nitrogens with one attached hydrogen (secondary N) is 1. The van der Waals surface area contributed by atoms with Gasteiger partial charge in [0.2, 0.25) is 5.43 Å². The fourth-order valence-electron chi connectivity index (χ4n) is 2.72. The van der Waals surface area contributed by atoms with Crippen LogP contribution < -0.4 is 10.7 Å². The fraction of sp³-hybridized carbons (Fsp3) is 0.353. The van der Waals surface area contributed by atoms with Crippen molar-refractivity contribution in [3.63, 3.8) is 0 Å². The number of hydrogen-bond acceptors (Lipinski definition) is 4. The molecule has 1 aliphatic rings. The molecule has 0 aliphatic carbocycles. The summed E-state index contributed by atoms with van der Waals surface area (Å²) in [6.07, 6.45) is 0.879. The van der Waals surface area contributed by atoms with E-state index >= 15 is 0 Å². The number of carbonyl (C=O) groups is 1. The monoisotopic (exact) mass is 312 g/mol. The van der Waals surface area contributed by atoms with Gasteiger partial charge in [0, 0.05) is 31.4 Å². The summed E-state index contributed by atoms with van der Waals surface area (Å²) in [5, 5.41) is 7.59. The maximum atomic E-state index is 12.7. The smallest absolute Gasteiger partial charge is 0.278 e. The summed E-state index contributed by atoms with van der Waals surface area (Å²) in [7, 11) is 0. The SMILES string of the molecule is Cc1cc(=O)c(C(=O)N2CCCNCC2)nn1-c1ccccc1. The van der Waals surface area contributed by atoms with Gasteiger partial charge in [0.25, 0.3) is 5.91 Å². The lowest BCUT2D eigenvalue weighted by molar-refractivity contribution is 0.0757. The number of para-hydroxylation sites is 1. The van der Waals surface area contributed by atoms with E-state index in [9.17, 15) is 9.59 Å². The standard InChI is InChI=1S/C17H20N4O2/c1-13-12-15(22)16(17(23)20-10-5-8-18-9-11-20)19-21(13)14-6-3-2-4-7-14/h2-4,6-7,12,18H,5,8-11H2,1H3.